The van der Waals surface area contributed by atoms with E-state index < -0.39 is 12.0 Å². The first-order valence-corrected chi connectivity index (χ1v) is 4.99. The molecule has 14 heavy (non-hydrogen) atoms. The second-order valence-corrected chi connectivity index (χ2v) is 4.26. The summed E-state index contributed by atoms with van der Waals surface area (Å²) in [6.45, 7) is 3.09. The number of carbonyl (C=O) groups is 1. The molecule has 80 valence electrons. The van der Waals surface area contributed by atoms with Crippen molar-refractivity contribution in [3.05, 3.63) is 0 Å². The maximum Gasteiger partial charge on any atom is 0.322 e. The zero-order chi connectivity index (χ0) is 10.3. The lowest BCUT2D eigenvalue weighted by atomic mass is 10.0. The van der Waals surface area contributed by atoms with Crippen LogP contribution in [0.25, 0.3) is 0 Å². The Hall–Kier alpha value is -0.650. The minimum Gasteiger partial charge on any atom is -0.480 e. The van der Waals surface area contributed by atoms with E-state index in [4.69, 9.17) is 5.11 Å². The van der Waals surface area contributed by atoms with Gasteiger partial charge in [0, 0.05) is 25.2 Å². The average Bonchev–Trinajstić information content (AvgIpc) is 2.45. The molecular weight excluding hydrogens is 184 g/mol. The number of piperazine rings is 1. The number of aliphatic hydroxyl groups is 1. The number of nitrogens with one attached hydrogen (secondary N) is 1. The third kappa shape index (κ3) is 1.63. The summed E-state index contributed by atoms with van der Waals surface area (Å²) >= 11 is 0. The maximum atomic E-state index is 10.8. The zero-order valence-electron chi connectivity index (χ0n) is 8.18. The SMILES string of the molecule is CC1N[C@H](C(=O)O)CN2C[C@H](O)C[C@H]12. The van der Waals surface area contributed by atoms with Crippen LogP contribution in [0.4, 0.5) is 0 Å². The fourth-order valence-electron chi connectivity index (χ4n) is 2.50. The first-order valence-electron chi connectivity index (χ1n) is 4.99. The van der Waals surface area contributed by atoms with Crippen LogP contribution in [0.1, 0.15) is 13.3 Å². The summed E-state index contributed by atoms with van der Waals surface area (Å²) in [7, 11) is 0. The number of hydrogen-bond donors (Lipinski definition) is 3. The summed E-state index contributed by atoms with van der Waals surface area (Å²) in [5, 5.41) is 21.4. The number of aliphatic carboxylic acids is 1. The first kappa shape index (κ1) is 9.89. The van der Waals surface area contributed by atoms with Gasteiger partial charge in [0.25, 0.3) is 0 Å². The lowest BCUT2D eigenvalue weighted by Crippen LogP contribution is -2.61. The molecule has 4 atom stereocenters. The van der Waals surface area contributed by atoms with Crippen molar-refractivity contribution in [3.8, 4) is 0 Å². The zero-order valence-corrected chi connectivity index (χ0v) is 8.18. The molecule has 2 rings (SSSR count). The highest BCUT2D eigenvalue weighted by Gasteiger charge is 2.41. The second kappa shape index (κ2) is 3.49. The van der Waals surface area contributed by atoms with Gasteiger partial charge in [0.2, 0.25) is 0 Å². The van der Waals surface area contributed by atoms with Crippen LogP contribution in [0.15, 0.2) is 0 Å². The fraction of sp³-hybridized carbons (Fsp3) is 0.889. The van der Waals surface area contributed by atoms with Crippen molar-refractivity contribution >= 4 is 5.97 Å². The number of fused-ring (bicyclic) bond motifs is 1. The Kier molecular flexibility index (Phi) is 2.47. The summed E-state index contributed by atoms with van der Waals surface area (Å²) in [5.74, 6) is -0.809. The molecule has 0 aromatic heterocycles. The van der Waals surface area contributed by atoms with Crippen molar-refractivity contribution in [3.63, 3.8) is 0 Å². The quantitative estimate of drug-likeness (QED) is 0.499. The summed E-state index contributed by atoms with van der Waals surface area (Å²) in [6.07, 6.45) is 0.456. The second-order valence-electron chi connectivity index (χ2n) is 4.26. The minimum absolute atomic E-state index is 0.141. The molecule has 2 fully saturated rings. The third-order valence-corrected chi connectivity index (χ3v) is 3.18. The largest absolute Gasteiger partial charge is 0.480 e. The van der Waals surface area contributed by atoms with Crippen molar-refractivity contribution < 1.29 is 15.0 Å². The maximum absolute atomic E-state index is 10.8. The molecular formula is C9H16N2O3. The van der Waals surface area contributed by atoms with Crippen LogP contribution in [0, 0.1) is 0 Å². The molecule has 5 nitrogen and oxygen atoms in total. The van der Waals surface area contributed by atoms with Crippen molar-refractivity contribution in [1.82, 2.24) is 10.2 Å². The molecule has 2 aliphatic rings. The van der Waals surface area contributed by atoms with Gasteiger partial charge >= 0.3 is 5.97 Å². The third-order valence-electron chi connectivity index (χ3n) is 3.18. The summed E-state index contributed by atoms with van der Waals surface area (Å²) in [6, 6.07) is -0.0610. The number of hydrogen-bond acceptors (Lipinski definition) is 4. The van der Waals surface area contributed by atoms with Gasteiger partial charge in [-0.3, -0.25) is 15.0 Å². The van der Waals surface area contributed by atoms with Gasteiger partial charge in [-0.05, 0) is 13.3 Å². The topological polar surface area (TPSA) is 72.8 Å². The van der Waals surface area contributed by atoms with Crippen molar-refractivity contribution in [2.24, 2.45) is 0 Å². The molecule has 2 heterocycles. The van der Waals surface area contributed by atoms with E-state index >= 15 is 0 Å². The molecule has 3 N–H and O–H groups in total. The Morgan fingerprint density at radius 1 is 1.50 bits per heavy atom. The Balaban J connectivity index is 2.06. The molecule has 0 aliphatic carbocycles. The number of aliphatic hydroxyl groups excluding tert-OH is 1. The van der Waals surface area contributed by atoms with Crippen LogP contribution in [0.3, 0.4) is 0 Å². The summed E-state index contributed by atoms with van der Waals surface area (Å²) in [5.41, 5.74) is 0. The summed E-state index contributed by atoms with van der Waals surface area (Å²) < 4.78 is 0. The van der Waals surface area contributed by atoms with Crippen LogP contribution in [-0.4, -0.2) is 58.4 Å². The predicted molar refractivity (Wildman–Crippen MR) is 50.0 cm³/mol. The first-order chi connectivity index (χ1) is 6.58. The van der Waals surface area contributed by atoms with E-state index in [0.717, 1.165) is 6.42 Å². The molecule has 2 aliphatic heterocycles. The predicted octanol–water partition coefficient (Wildman–Crippen LogP) is -1.13. The smallest absolute Gasteiger partial charge is 0.322 e. The highest BCUT2D eigenvalue weighted by Crippen LogP contribution is 2.24. The molecule has 0 bridgehead atoms. The van der Waals surface area contributed by atoms with Gasteiger partial charge < -0.3 is 10.2 Å². The highest BCUT2D eigenvalue weighted by molar-refractivity contribution is 5.74. The molecule has 0 saturated carbocycles. The molecule has 0 aromatic carbocycles. The van der Waals surface area contributed by atoms with Crippen LogP contribution in [0.5, 0.6) is 0 Å². The van der Waals surface area contributed by atoms with Gasteiger partial charge in [0.15, 0.2) is 0 Å². The molecule has 0 amide bonds. The van der Waals surface area contributed by atoms with E-state index in [9.17, 15) is 9.90 Å². The highest BCUT2D eigenvalue weighted by atomic mass is 16.4. The molecule has 0 aromatic rings. The fourth-order valence-corrected chi connectivity index (χ4v) is 2.50. The number of rotatable bonds is 1. The Morgan fingerprint density at radius 3 is 2.86 bits per heavy atom. The molecule has 0 radical (unpaired) electrons. The Bertz CT molecular complexity index is 246. The van der Waals surface area contributed by atoms with Gasteiger partial charge in [-0.2, -0.15) is 0 Å². The summed E-state index contributed by atoms with van der Waals surface area (Å²) in [4.78, 5) is 12.9. The van der Waals surface area contributed by atoms with Gasteiger partial charge in [0.1, 0.15) is 6.04 Å². The number of carboxylic acid groups (broad SMARTS) is 1. The van der Waals surface area contributed by atoms with E-state index in [2.05, 4.69) is 10.2 Å². The standard InChI is InChI=1S/C9H16N2O3/c1-5-8-2-6(12)3-11(8)4-7(10-5)9(13)14/h5-8,10,12H,2-4H2,1H3,(H,13,14)/t5?,6-,7+,8-/m1/s1. The van der Waals surface area contributed by atoms with Crippen molar-refractivity contribution in [2.75, 3.05) is 13.1 Å². The van der Waals surface area contributed by atoms with Crippen LogP contribution < -0.4 is 5.32 Å². The van der Waals surface area contributed by atoms with Crippen molar-refractivity contribution in [1.29, 1.82) is 0 Å². The van der Waals surface area contributed by atoms with Crippen molar-refractivity contribution in [2.45, 2.75) is 37.6 Å². The van der Waals surface area contributed by atoms with E-state index in [1.165, 1.54) is 0 Å². The Morgan fingerprint density at radius 2 is 2.21 bits per heavy atom. The molecule has 1 unspecified atom stereocenters. The molecule has 2 saturated heterocycles. The number of nitrogens with zero attached hydrogens (tertiary/aromatic N) is 1. The molecule has 0 spiro atoms. The van der Waals surface area contributed by atoms with Gasteiger partial charge in [-0.1, -0.05) is 0 Å². The Labute approximate surface area is 82.7 Å². The van der Waals surface area contributed by atoms with Gasteiger partial charge in [0.05, 0.1) is 6.10 Å². The van der Waals surface area contributed by atoms with E-state index in [1.54, 1.807) is 0 Å². The average molecular weight is 200 g/mol. The van der Waals surface area contributed by atoms with Crippen LogP contribution in [0.2, 0.25) is 0 Å². The number of carboxylic acids is 1. The van der Waals surface area contributed by atoms with E-state index in [0.29, 0.717) is 19.1 Å². The van der Waals surface area contributed by atoms with Gasteiger partial charge in [-0.25, -0.2) is 0 Å². The van der Waals surface area contributed by atoms with E-state index in [1.807, 2.05) is 6.92 Å². The van der Waals surface area contributed by atoms with E-state index in [-0.39, 0.29) is 12.1 Å². The van der Waals surface area contributed by atoms with Crippen LogP contribution >= 0.6 is 0 Å². The lowest BCUT2D eigenvalue weighted by molar-refractivity contribution is -0.141. The minimum atomic E-state index is -0.809. The van der Waals surface area contributed by atoms with Crippen LogP contribution in [-0.2, 0) is 4.79 Å². The molecule has 5 heteroatoms. The monoisotopic (exact) mass is 200 g/mol. The van der Waals surface area contributed by atoms with Gasteiger partial charge in [-0.15, -0.1) is 0 Å². The lowest BCUT2D eigenvalue weighted by Gasteiger charge is -2.38. The normalized spacial score (nSPS) is 43.6.